The van der Waals surface area contributed by atoms with Crippen molar-refractivity contribution in [3.8, 4) is 0 Å². The molecule has 1 aromatic rings. The van der Waals surface area contributed by atoms with E-state index in [9.17, 15) is 0 Å². The second-order valence-corrected chi connectivity index (χ2v) is 11.3. The molecule has 0 bridgehead atoms. The van der Waals surface area contributed by atoms with Crippen LogP contribution >= 0.6 is 90.4 Å². The largest absolute Gasteiger partial charge is 4.00 e. The monoisotopic (exact) mass is 756 g/mol. The molecule has 0 amide bonds. The Bertz CT molecular complexity index is 228. The summed E-state index contributed by atoms with van der Waals surface area (Å²) in [5.41, 5.74) is 0. The van der Waals surface area contributed by atoms with E-state index in [2.05, 4.69) is 90.4 Å². The van der Waals surface area contributed by atoms with Gasteiger partial charge in [-0.15, -0.1) is 45.2 Å². The fourth-order valence-electron chi connectivity index (χ4n) is 1.09. The summed E-state index contributed by atoms with van der Waals surface area (Å²) in [4.78, 5) is 0. The summed E-state index contributed by atoms with van der Waals surface area (Å²) in [6.45, 7) is 0. The average Bonchev–Trinajstić information content (AvgIpc) is 2.75. The molecule has 0 nitrogen and oxygen atoms in total. The van der Waals surface area contributed by atoms with Crippen molar-refractivity contribution in [3.05, 3.63) is 34.3 Å². The normalized spacial score (nSPS) is 21.1. The smallest absolute Gasteiger partial charge is 1.00 e. The Labute approximate surface area is 186 Å². The minimum atomic E-state index is 0. The molecule has 1 aromatic carbocycles. The molecule has 0 saturated heterocycles. The van der Waals surface area contributed by atoms with Gasteiger partial charge in [-0.1, -0.05) is 29.0 Å². The molecule has 0 radical (unpaired) electrons. The number of hydrogen-bond acceptors (Lipinski definition) is 0. The molecule has 1 fully saturated rings. The van der Waals surface area contributed by atoms with Gasteiger partial charge in [0.15, 0.2) is 0 Å². The van der Waals surface area contributed by atoms with E-state index in [0.29, 0.717) is 1.43 Å². The molecular formula is C10H10Cl2I4Ti. The van der Waals surface area contributed by atoms with Crippen LogP contribution in [0.3, 0.4) is 0 Å². The Morgan fingerprint density at radius 2 is 1.65 bits per heavy atom. The molecule has 1 saturated carbocycles. The Hall–Kier alpha value is 3.56. The molecule has 0 spiro atoms. The fourth-order valence-corrected chi connectivity index (χ4v) is 4.22. The van der Waals surface area contributed by atoms with E-state index < -0.39 is 0 Å². The van der Waals surface area contributed by atoms with Gasteiger partial charge in [-0.3, -0.25) is 0 Å². The molecule has 0 aliphatic heterocycles. The number of alkyl halides is 3. The first-order chi connectivity index (χ1) is 6.55. The minimum absolute atomic E-state index is 0. The first-order valence-electron chi connectivity index (χ1n) is 4.25. The van der Waals surface area contributed by atoms with E-state index >= 15 is 0 Å². The summed E-state index contributed by atoms with van der Waals surface area (Å²) in [5, 5.41) is 0. The van der Waals surface area contributed by atoms with Crippen LogP contribution in [-0.4, -0.2) is 5.35 Å². The first-order valence-corrected chi connectivity index (χ1v) is 8.73. The first kappa shape index (κ1) is 25.5. The van der Waals surface area contributed by atoms with Gasteiger partial charge < -0.3 is 47.4 Å². The Morgan fingerprint density at radius 1 is 1.18 bits per heavy atom. The topological polar surface area (TPSA) is 0 Å². The molecule has 96 valence electrons. The van der Waals surface area contributed by atoms with Gasteiger partial charge >= 0.3 is 21.7 Å². The van der Waals surface area contributed by atoms with Gasteiger partial charge in [-0.25, -0.2) is 16.1 Å². The summed E-state index contributed by atoms with van der Waals surface area (Å²) in [6.07, 6.45) is 2.69. The van der Waals surface area contributed by atoms with Crippen LogP contribution in [0, 0.1) is 3.92 Å². The van der Waals surface area contributed by atoms with Crippen LogP contribution in [0.2, 0.25) is 0 Å². The van der Waals surface area contributed by atoms with E-state index in [4.69, 9.17) is 0 Å². The second kappa shape index (κ2) is 13.2. The summed E-state index contributed by atoms with van der Waals surface area (Å²) in [6, 6.07) is 10.0. The molecule has 7 heteroatoms. The van der Waals surface area contributed by atoms with Crippen LogP contribution in [0.1, 0.15) is 12.8 Å². The Kier molecular flexibility index (Phi) is 19.9. The third-order valence-corrected chi connectivity index (χ3v) is 12.1. The van der Waals surface area contributed by atoms with E-state index in [0.717, 1.165) is 3.92 Å². The maximum absolute atomic E-state index is 2.55. The molecule has 17 heavy (non-hydrogen) atoms. The molecule has 1 unspecified atom stereocenters. The second-order valence-electron chi connectivity index (χ2n) is 3.00. The third-order valence-electron chi connectivity index (χ3n) is 1.93. The number of halogens is 6. The average molecular weight is 757 g/mol. The zero-order valence-electron chi connectivity index (χ0n) is 8.65. The van der Waals surface area contributed by atoms with Gasteiger partial charge in [0, 0.05) is 3.92 Å². The summed E-state index contributed by atoms with van der Waals surface area (Å²) in [7, 11) is 0. The number of hydrogen-bond donors (Lipinski definition) is 0. The van der Waals surface area contributed by atoms with Gasteiger partial charge in [0.25, 0.3) is 0 Å². The Morgan fingerprint density at radius 3 is 1.76 bits per heavy atom. The summed E-state index contributed by atoms with van der Waals surface area (Å²) in [5.74, 6) is 0. The molecule has 0 aromatic heterocycles. The zero-order valence-corrected chi connectivity index (χ0v) is 20.3. The van der Waals surface area contributed by atoms with E-state index in [-0.39, 0.29) is 46.5 Å². The van der Waals surface area contributed by atoms with Gasteiger partial charge in [0.2, 0.25) is 0 Å². The van der Waals surface area contributed by atoms with Crippen molar-refractivity contribution in [1.29, 1.82) is 0 Å². The van der Waals surface area contributed by atoms with Gasteiger partial charge in [-0.05, 0) is 1.43 Å². The SMILES string of the molecule is I[C-]1CCC(I)C1(I)I.[Cl-].[Cl-].[Ti+4].c1cc[cH-]c1. The van der Waals surface area contributed by atoms with Crippen LogP contribution in [0.15, 0.2) is 30.3 Å². The van der Waals surface area contributed by atoms with Crippen molar-refractivity contribution < 1.29 is 46.5 Å². The van der Waals surface area contributed by atoms with E-state index in [1.807, 2.05) is 30.3 Å². The van der Waals surface area contributed by atoms with Gasteiger partial charge in [0.1, 0.15) is 0 Å². The van der Waals surface area contributed by atoms with Crippen molar-refractivity contribution in [2.45, 2.75) is 18.2 Å². The van der Waals surface area contributed by atoms with Crippen LogP contribution in [0.5, 0.6) is 0 Å². The van der Waals surface area contributed by atoms with Gasteiger partial charge in [-0.2, -0.15) is 24.6 Å². The molecule has 0 heterocycles. The fraction of sp³-hybridized carbons (Fsp3) is 0.400. The van der Waals surface area contributed by atoms with Crippen molar-refractivity contribution in [2.75, 3.05) is 0 Å². The Balaban J connectivity index is -0.000000216. The quantitative estimate of drug-likeness (QED) is 0.146. The molecule has 1 aliphatic rings. The van der Waals surface area contributed by atoms with Crippen molar-refractivity contribution in [3.63, 3.8) is 0 Å². The van der Waals surface area contributed by atoms with Crippen LogP contribution in [-0.2, 0) is 21.7 Å². The summed E-state index contributed by atoms with van der Waals surface area (Å²) >= 11 is 10.1. The molecule has 2 rings (SSSR count). The van der Waals surface area contributed by atoms with Crippen molar-refractivity contribution in [1.82, 2.24) is 0 Å². The molecule has 1 aliphatic carbocycles. The number of rotatable bonds is 0. The van der Waals surface area contributed by atoms with Crippen LogP contribution < -0.4 is 24.8 Å². The van der Waals surface area contributed by atoms with Crippen molar-refractivity contribution in [2.24, 2.45) is 0 Å². The standard InChI is InChI=1S/C5H5I4.C5H5.2ClH.Ti/c6-3-1-2-4(7)5(3,8)9;1-2-4-5-3-1;;;/h3H,1-2H2;1-5H;2*1H;/q2*-1;;;+4/p-2. The third kappa shape index (κ3) is 9.24. The maximum Gasteiger partial charge on any atom is 4.00 e. The minimum Gasteiger partial charge on any atom is -1.00 e. The van der Waals surface area contributed by atoms with Crippen LogP contribution in [0.4, 0.5) is 0 Å². The predicted octanol–water partition coefficient (Wildman–Crippen LogP) is -0.472. The van der Waals surface area contributed by atoms with Crippen molar-refractivity contribution >= 4 is 90.4 Å². The predicted molar refractivity (Wildman–Crippen MR) is 97.1 cm³/mol. The maximum atomic E-state index is 2.55. The molecule has 1 atom stereocenters. The zero-order chi connectivity index (χ0) is 10.6. The molecule has 0 N–H and O–H groups in total. The molecular weight excluding hydrogens is 746 g/mol. The van der Waals surface area contributed by atoms with Gasteiger partial charge in [0.05, 0.1) is 0 Å². The van der Waals surface area contributed by atoms with E-state index in [1.54, 1.807) is 3.92 Å². The summed E-state index contributed by atoms with van der Waals surface area (Å²) < 4.78 is 2.90. The van der Waals surface area contributed by atoms with E-state index in [1.165, 1.54) is 12.8 Å². The van der Waals surface area contributed by atoms with Crippen LogP contribution in [0.25, 0.3) is 0 Å².